The minimum atomic E-state index is 0.696. The van der Waals surface area contributed by atoms with Gasteiger partial charge in [-0.15, -0.1) is 0 Å². The van der Waals surface area contributed by atoms with Crippen LogP contribution in [-0.4, -0.2) is 25.8 Å². The molecule has 0 aliphatic heterocycles. The molecule has 0 radical (unpaired) electrons. The Morgan fingerprint density at radius 1 is 1.27 bits per heavy atom. The van der Waals surface area contributed by atoms with E-state index in [0.717, 1.165) is 25.7 Å². The molecular formula is C13H27NO. The van der Waals surface area contributed by atoms with Crippen molar-refractivity contribution in [2.24, 2.45) is 5.92 Å². The molecule has 2 heteroatoms. The SMILES string of the molecule is CCNC(CC)CCCOCCC1CC1. The zero-order valence-corrected chi connectivity index (χ0v) is 10.4. The summed E-state index contributed by atoms with van der Waals surface area (Å²) in [4.78, 5) is 0. The number of nitrogens with one attached hydrogen (secondary N) is 1. The van der Waals surface area contributed by atoms with Crippen molar-refractivity contribution < 1.29 is 4.74 Å². The van der Waals surface area contributed by atoms with Crippen LogP contribution in [0.2, 0.25) is 0 Å². The van der Waals surface area contributed by atoms with E-state index < -0.39 is 0 Å². The van der Waals surface area contributed by atoms with Crippen molar-refractivity contribution >= 4 is 0 Å². The first kappa shape index (κ1) is 13.0. The second-order valence-electron chi connectivity index (χ2n) is 4.65. The van der Waals surface area contributed by atoms with Gasteiger partial charge in [-0.2, -0.15) is 0 Å². The van der Waals surface area contributed by atoms with Crippen molar-refractivity contribution in [3.8, 4) is 0 Å². The lowest BCUT2D eigenvalue weighted by Gasteiger charge is -2.15. The highest BCUT2D eigenvalue weighted by atomic mass is 16.5. The molecule has 2 nitrogen and oxygen atoms in total. The number of hydrogen-bond donors (Lipinski definition) is 1. The Kier molecular flexibility index (Phi) is 7.03. The van der Waals surface area contributed by atoms with Gasteiger partial charge in [0.1, 0.15) is 0 Å². The zero-order valence-electron chi connectivity index (χ0n) is 10.4. The van der Waals surface area contributed by atoms with E-state index in [4.69, 9.17) is 4.74 Å². The van der Waals surface area contributed by atoms with Gasteiger partial charge in [0.2, 0.25) is 0 Å². The van der Waals surface area contributed by atoms with Crippen LogP contribution in [0.25, 0.3) is 0 Å². The monoisotopic (exact) mass is 213 g/mol. The molecule has 90 valence electrons. The smallest absolute Gasteiger partial charge is 0.0468 e. The third-order valence-electron chi connectivity index (χ3n) is 3.19. The zero-order chi connectivity index (χ0) is 10.9. The molecule has 0 heterocycles. The standard InChI is InChI=1S/C13H27NO/c1-3-13(14-4-2)6-5-10-15-11-9-12-7-8-12/h12-14H,3-11H2,1-2H3. The molecule has 0 spiro atoms. The third kappa shape index (κ3) is 6.91. The highest BCUT2D eigenvalue weighted by Crippen LogP contribution is 2.32. The van der Waals surface area contributed by atoms with Gasteiger partial charge in [0.25, 0.3) is 0 Å². The van der Waals surface area contributed by atoms with E-state index in [1.54, 1.807) is 0 Å². The summed E-state index contributed by atoms with van der Waals surface area (Å²) in [6.07, 6.45) is 7.88. The molecule has 1 N–H and O–H groups in total. The molecule has 1 rings (SSSR count). The fraction of sp³-hybridized carbons (Fsp3) is 1.00. The predicted octanol–water partition coefficient (Wildman–Crippen LogP) is 2.97. The third-order valence-corrected chi connectivity index (χ3v) is 3.19. The Bertz CT molecular complexity index is 145. The van der Waals surface area contributed by atoms with E-state index in [1.807, 2.05) is 0 Å². The Morgan fingerprint density at radius 3 is 2.67 bits per heavy atom. The van der Waals surface area contributed by atoms with E-state index in [9.17, 15) is 0 Å². The molecule has 0 amide bonds. The van der Waals surface area contributed by atoms with Crippen LogP contribution in [0.5, 0.6) is 0 Å². The molecule has 0 saturated heterocycles. The first-order chi connectivity index (χ1) is 7.36. The molecular weight excluding hydrogens is 186 g/mol. The predicted molar refractivity (Wildman–Crippen MR) is 65.1 cm³/mol. The summed E-state index contributed by atoms with van der Waals surface area (Å²) in [5.41, 5.74) is 0. The maximum atomic E-state index is 5.63. The van der Waals surface area contributed by atoms with Crippen molar-refractivity contribution in [2.45, 2.75) is 58.4 Å². The van der Waals surface area contributed by atoms with E-state index in [0.29, 0.717) is 6.04 Å². The molecule has 0 aromatic carbocycles. The van der Waals surface area contributed by atoms with E-state index >= 15 is 0 Å². The molecule has 1 saturated carbocycles. The molecule has 1 aliphatic rings. The second kappa shape index (κ2) is 8.12. The summed E-state index contributed by atoms with van der Waals surface area (Å²) in [7, 11) is 0. The average Bonchev–Trinajstić information content (AvgIpc) is 3.05. The molecule has 15 heavy (non-hydrogen) atoms. The summed E-state index contributed by atoms with van der Waals surface area (Å²) >= 11 is 0. The quantitative estimate of drug-likeness (QED) is 0.563. The van der Waals surface area contributed by atoms with Crippen LogP contribution in [0.1, 0.15) is 52.4 Å². The van der Waals surface area contributed by atoms with Gasteiger partial charge >= 0.3 is 0 Å². The van der Waals surface area contributed by atoms with Crippen LogP contribution in [0.15, 0.2) is 0 Å². The molecule has 0 aromatic rings. The van der Waals surface area contributed by atoms with Crippen molar-refractivity contribution in [2.75, 3.05) is 19.8 Å². The first-order valence-corrected chi connectivity index (χ1v) is 6.68. The molecule has 0 aromatic heterocycles. The van der Waals surface area contributed by atoms with Crippen LogP contribution in [-0.2, 0) is 4.74 Å². The normalized spacial score (nSPS) is 18.0. The largest absolute Gasteiger partial charge is 0.381 e. The lowest BCUT2D eigenvalue weighted by atomic mass is 10.1. The highest BCUT2D eigenvalue weighted by molar-refractivity contribution is 4.72. The highest BCUT2D eigenvalue weighted by Gasteiger charge is 2.20. The summed E-state index contributed by atoms with van der Waals surface area (Å²) < 4.78 is 5.63. The summed E-state index contributed by atoms with van der Waals surface area (Å²) in [5, 5.41) is 3.50. The van der Waals surface area contributed by atoms with Crippen LogP contribution in [0.3, 0.4) is 0 Å². The second-order valence-corrected chi connectivity index (χ2v) is 4.65. The van der Waals surface area contributed by atoms with Gasteiger partial charge in [-0.25, -0.2) is 0 Å². The summed E-state index contributed by atoms with van der Waals surface area (Å²) in [6, 6.07) is 0.696. The fourth-order valence-electron chi connectivity index (χ4n) is 1.93. The van der Waals surface area contributed by atoms with E-state index in [2.05, 4.69) is 19.2 Å². The Morgan fingerprint density at radius 2 is 2.07 bits per heavy atom. The van der Waals surface area contributed by atoms with Crippen molar-refractivity contribution in [3.05, 3.63) is 0 Å². The van der Waals surface area contributed by atoms with Gasteiger partial charge in [0, 0.05) is 19.3 Å². The van der Waals surface area contributed by atoms with Crippen LogP contribution >= 0.6 is 0 Å². The van der Waals surface area contributed by atoms with Crippen molar-refractivity contribution in [1.29, 1.82) is 0 Å². The van der Waals surface area contributed by atoms with Crippen molar-refractivity contribution in [3.63, 3.8) is 0 Å². The van der Waals surface area contributed by atoms with Gasteiger partial charge in [0.05, 0.1) is 0 Å². The molecule has 1 atom stereocenters. The van der Waals surface area contributed by atoms with Crippen molar-refractivity contribution in [1.82, 2.24) is 5.32 Å². The number of hydrogen-bond acceptors (Lipinski definition) is 2. The van der Waals surface area contributed by atoms with E-state index in [1.165, 1.54) is 38.5 Å². The lowest BCUT2D eigenvalue weighted by molar-refractivity contribution is 0.122. The fourth-order valence-corrected chi connectivity index (χ4v) is 1.93. The Hall–Kier alpha value is -0.0800. The Labute approximate surface area is 94.8 Å². The topological polar surface area (TPSA) is 21.3 Å². The van der Waals surface area contributed by atoms with Gasteiger partial charge in [-0.1, -0.05) is 26.7 Å². The average molecular weight is 213 g/mol. The summed E-state index contributed by atoms with van der Waals surface area (Å²) in [5.74, 6) is 1.01. The number of rotatable bonds is 10. The van der Waals surface area contributed by atoms with Crippen LogP contribution < -0.4 is 5.32 Å². The van der Waals surface area contributed by atoms with Crippen LogP contribution in [0.4, 0.5) is 0 Å². The van der Waals surface area contributed by atoms with Gasteiger partial charge < -0.3 is 10.1 Å². The van der Waals surface area contributed by atoms with Crippen LogP contribution in [0, 0.1) is 5.92 Å². The minimum Gasteiger partial charge on any atom is -0.381 e. The first-order valence-electron chi connectivity index (χ1n) is 6.68. The lowest BCUT2D eigenvalue weighted by Crippen LogP contribution is -2.28. The molecule has 0 bridgehead atoms. The van der Waals surface area contributed by atoms with Gasteiger partial charge in [-0.05, 0) is 38.1 Å². The minimum absolute atomic E-state index is 0.696. The molecule has 1 unspecified atom stereocenters. The maximum absolute atomic E-state index is 5.63. The molecule has 1 fully saturated rings. The maximum Gasteiger partial charge on any atom is 0.0468 e. The van der Waals surface area contributed by atoms with Gasteiger partial charge in [0.15, 0.2) is 0 Å². The number of ether oxygens (including phenoxy) is 1. The van der Waals surface area contributed by atoms with E-state index in [-0.39, 0.29) is 0 Å². The van der Waals surface area contributed by atoms with Gasteiger partial charge in [-0.3, -0.25) is 0 Å². The molecule has 1 aliphatic carbocycles. The summed E-state index contributed by atoms with van der Waals surface area (Å²) in [6.45, 7) is 7.45. The Balaban J connectivity index is 1.81.